The molecule has 11 rings (SSSR count). The van der Waals surface area contributed by atoms with E-state index >= 15 is 0 Å². The SMILES string of the molecule is CC1(C)c2ccc3ccccc3c2-c2nc(-c3cc(-c4ccccc4)cc(-c4ccc(-c5cccc6c5oc5ccccc56)cc4)c3)nc(-c3ccccc3)c21. The highest BCUT2D eigenvalue weighted by Gasteiger charge is 2.41. The second-order valence-electron chi connectivity index (χ2n) is 15.3. The first-order valence-electron chi connectivity index (χ1n) is 19.2. The van der Waals surface area contributed by atoms with Crippen LogP contribution < -0.4 is 0 Å². The van der Waals surface area contributed by atoms with Crippen molar-refractivity contribution in [3.63, 3.8) is 0 Å². The second-order valence-corrected chi connectivity index (χ2v) is 15.3. The molecule has 2 heterocycles. The minimum absolute atomic E-state index is 0.288. The zero-order chi connectivity index (χ0) is 37.4. The molecule has 0 saturated carbocycles. The monoisotopic (exact) mass is 716 g/mol. The largest absolute Gasteiger partial charge is 0.455 e. The highest BCUT2D eigenvalue weighted by atomic mass is 16.3. The van der Waals surface area contributed by atoms with E-state index in [0.717, 1.165) is 77.8 Å². The van der Waals surface area contributed by atoms with Gasteiger partial charge in [-0.3, -0.25) is 0 Å². The van der Waals surface area contributed by atoms with Gasteiger partial charge < -0.3 is 4.42 Å². The number of fused-ring (bicyclic) bond motifs is 8. The smallest absolute Gasteiger partial charge is 0.160 e. The van der Waals surface area contributed by atoms with Gasteiger partial charge in [-0.1, -0.05) is 172 Å². The third kappa shape index (κ3) is 5.05. The molecule has 1 aliphatic carbocycles. The summed E-state index contributed by atoms with van der Waals surface area (Å²) in [5.74, 6) is 0.714. The molecule has 3 heteroatoms. The number of para-hydroxylation sites is 2. The summed E-state index contributed by atoms with van der Waals surface area (Å²) in [5, 5.41) is 4.70. The van der Waals surface area contributed by atoms with Crippen LogP contribution in [0.25, 0.3) is 100.0 Å². The van der Waals surface area contributed by atoms with Crippen LogP contribution in [0.1, 0.15) is 25.0 Å². The molecular formula is C53H36N2O. The number of hydrogen-bond acceptors (Lipinski definition) is 3. The molecule has 0 radical (unpaired) electrons. The average Bonchev–Trinajstić information content (AvgIpc) is 3.76. The van der Waals surface area contributed by atoms with Gasteiger partial charge in [-0.25, -0.2) is 9.97 Å². The van der Waals surface area contributed by atoms with Crippen LogP contribution in [0.5, 0.6) is 0 Å². The van der Waals surface area contributed by atoms with E-state index < -0.39 is 0 Å². The maximum absolute atomic E-state index is 6.40. The van der Waals surface area contributed by atoms with Crippen LogP contribution in [-0.2, 0) is 5.41 Å². The summed E-state index contributed by atoms with van der Waals surface area (Å²) in [6.45, 7) is 4.63. The van der Waals surface area contributed by atoms with Gasteiger partial charge in [0.25, 0.3) is 0 Å². The van der Waals surface area contributed by atoms with Gasteiger partial charge in [-0.05, 0) is 68.4 Å². The summed E-state index contributed by atoms with van der Waals surface area (Å²) in [7, 11) is 0. The van der Waals surface area contributed by atoms with Crippen molar-refractivity contribution >= 4 is 32.7 Å². The van der Waals surface area contributed by atoms with Gasteiger partial charge in [0.05, 0.1) is 11.4 Å². The van der Waals surface area contributed by atoms with E-state index in [2.05, 4.69) is 184 Å². The van der Waals surface area contributed by atoms with Gasteiger partial charge in [0.1, 0.15) is 11.2 Å². The fourth-order valence-corrected chi connectivity index (χ4v) is 8.89. The van der Waals surface area contributed by atoms with E-state index in [-0.39, 0.29) is 5.41 Å². The summed E-state index contributed by atoms with van der Waals surface area (Å²) in [6.07, 6.45) is 0. The van der Waals surface area contributed by atoms with E-state index in [4.69, 9.17) is 14.4 Å². The molecule has 2 aromatic heterocycles. The molecule has 10 aromatic rings. The van der Waals surface area contributed by atoms with Crippen molar-refractivity contribution < 1.29 is 4.42 Å². The van der Waals surface area contributed by atoms with Gasteiger partial charge in [0, 0.05) is 44.0 Å². The molecule has 0 N–H and O–H groups in total. The Balaban J connectivity index is 1.11. The molecule has 0 unspecified atom stereocenters. The molecule has 0 atom stereocenters. The Morgan fingerprint density at radius 1 is 0.429 bits per heavy atom. The van der Waals surface area contributed by atoms with Crippen molar-refractivity contribution in [1.82, 2.24) is 9.97 Å². The molecule has 56 heavy (non-hydrogen) atoms. The minimum atomic E-state index is -0.288. The number of rotatable bonds is 5. The lowest BCUT2D eigenvalue weighted by Crippen LogP contribution is -2.17. The lowest BCUT2D eigenvalue weighted by atomic mass is 9.80. The second kappa shape index (κ2) is 12.5. The Morgan fingerprint density at radius 2 is 1.02 bits per heavy atom. The lowest BCUT2D eigenvalue weighted by molar-refractivity contribution is 0.658. The van der Waals surface area contributed by atoms with Gasteiger partial charge in [-0.15, -0.1) is 0 Å². The highest BCUT2D eigenvalue weighted by Crippen LogP contribution is 2.53. The average molecular weight is 717 g/mol. The van der Waals surface area contributed by atoms with Crippen molar-refractivity contribution in [1.29, 1.82) is 0 Å². The zero-order valence-electron chi connectivity index (χ0n) is 31.1. The quantitative estimate of drug-likeness (QED) is 0.178. The molecule has 0 saturated heterocycles. The fourth-order valence-electron chi connectivity index (χ4n) is 8.89. The molecule has 8 aromatic carbocycles. The predicted molar refractivity (Wildman–Crippen MR) is 232 cm³/mol. The third-order valence-corrected chi connectivity index (χ3v) is 11.7. The minimum Gasteiger partial charge on any atom is -0.455 e. The molecule has 264 valence electrons. The lowest BCUT2D eigenvalue weighted by Gasteiger charge is -2.24. The Morgan fingerprint density at radius 3 is 1.79 bits per heavy atom. The summed E-state index contributed by atoms with van der Waals surface area (Å²) in [5.41, 5.74) is 15.9. The van der Waals surface area contributed by atoms with Crippen LogP contribution in [0.3, 0.4) is 0 Å². The number of aromatic nitrogens is 2. The van der Waals surface area contributed by atoms with Crippen molar-refractivity contribution in [3.05, 3.63) is 193 Å². The highest BCUT2D eigenvalue weighted by molar-refractivity contribution is 6.09. The first-order valence-corrected chi connectivity index (χ1v) is 19.2. The van der Waals surface area contributed by atoms with E-state index in [9.17, 15) is 0 Å². The Hall–Kier alpha value is -7.10. The predicted octanol–water partition coefficient (Wildman–Crippen LogP) is 14.2. The molecular weight excluding hydrogens is 681 g/mol. The summed E-state index contributed by atoms with van der Waals surface area (Å²) < 4.78 is 6.40. The maximum atomic E-state index is 6.40. The summed E-state index contributed by atoms with van der Waals surface area (Å²) in [4.78, 5) is 11.0. The standard InChI is InChI=1S/C53H36N2O/c1-53(2)45-29-28-35-16-9-10-19-41(35)47(45)50-48(53)49(37-17-7-4-8-18-37)54-52(55-50)40-31-38(33-14-5-3-6-15-33)30-39(32-40)34-24-26-36(27-25-34)42-21-13-22-44-43-20-11-12-23-46(43)56-51(42)44/h3-32H,1-2H3. The number of hydrogen-bond donors (Lipinski definition) is 0. The third-order valence-electron chi connectivity index (χ3n) is 11.7. The first-order chi connectivity index (χ1) is 27.5. The van der Waals surface area contributed by atoms with Gasteiger partial charge in [0.15, 0.2) is 5.82 Å². The molecule has 0 aliphatic heterocycles. The van der Waals surface area contributed by atoms with E-state index in [1.165, 1.54) is 27.5 Å². The zero-order valence-corrected chi connectivity index (χ0v) is 31.1. The normalized spacial score (nSPS) is 13.0. The Bertz CT molecular complexity index is 3140. The first kappa shape index (κ1) is 32.3. The Labute approximate surface area is 325 Å². The van der Waals surface area contributed by atoms with Crippen molar-refractivity contribution in [3.8, 4) is 67.3 Å². The van der Waals surface area contributed by atoms with Gasteiger partial charge >= 0.3 is 0 Å². The molecule has 0 amide bonds. The summed E-state index contributed by atoms with van der Waals surface area (Å²) in [6, 6.07) is 64.7. The van der Waals surface area contributed by atoms with Crippen molar-refractivity contribution in [2.45, 2.75) is 19.3 Å². The van der Waals surface area contributed by atoms with Gasteiger partial charge in [-0.2, -0.15) is 0 Å². The van der Waals surface area contributed by atoms with E-state index in [0.29, 0.717) is 5.82 Å². The van der Waals surface area contributed by atoms with Crippen LogP contribution in [0.15, 0.2) is 186 Å². The van der Waals surface area contributed by atoms with Crippen LogP contribution >= 0.6 is 0 Å². The maximum Gasteiger partial charge on any atom is 0.160 e. The van der Waals surface area contributed by atoms with E-state index in [1.807, 2.05) is 12.1 Å². The Kier molecular flexibility index (Phi) is 7.20. The molecule has 1 aliphatic rings. The fraction of sp³-hybridized carbons (Fsp3) is 0.0566. The van der Waals surface area contributed by atoms with Crippen molar-refractivity contribution in [2.75, 3.05) is 0 Å². The van der Waals surface area contributed by atoms with Crippen LogP contribution in [0.2, 0.25) is 0 Å². The van der Waals surface area contributed by atoms with Gasteiger partial charge in [0.2, 0.25) is 0 Å². The summed E-state index contributed by atoms with van der Waals surface area (Å²) >= 11 is 0. The van der Waals surface area contributed by atoms with Crippen molar-refractivity contribution in [2.24, 2.45) is 0 Å². The molecule has 3 nitrogen and oxygen atoms in total. The molecule has 0 fully saturated rings. The van der Waals surface area contributed by atoms with Crippen LogP contribution in [-0.4, -0.2) is 9.97 Å². The molecule has 0 bridgehead atoms. The van der Waals surface area contributed by atoms with E-state index in [1.54, 1.807) is 0 Å². The van der Waals surface area contributed by atoms with Crippen LogP contribution in [0, 0.1) is 0 Å². The topological polar surface area (TPSA) is 38.9 Å². The number of benzene rings is 8. The molecule has 0 spiro atoms. The van der Waals surface area contributed by atoms with Crippen LogP contribution in [0.4, 0.5) is 0 Å². The number of nitrogens with zero attached hydrogens (tertiary/aromatic N) is 2. The number of furan rings is 1.